The molecule has 0 bridgehead atoms. The van der Waals surface area contributed by atoms with Crippen molar-refractivity contribution in [2.24, 2.45) is 0 Å². The molecule has 1 aliphatic carbocycles. The smallest absolute Gasteiger partial charge is 0.220 e. The third-order valence-electron chi connectivity index (χ3n) is 3.38. The molecule has 5 nitrogen and oxygen atoms in total. The predicted molar refractivity (Wildman–Crippen MR) is 54.2 cm³/mol. The summed E-state index contributed by atoms with van der Waals surface area (Å²) in [6.45, 7) is -0.343. The number of hydrogen-bond donors (Lipinski definition) is 2. The van der Waals surface area contributed by atoms with Crippen LogP contribution >= 0.6 is 0 Å². The van der Waals surface area contributed by atoms with Crippen LogP contribution in [0.4, 0.5) is 0 Å². The van der Waals surface area contributed by atoms with Gasteiger partial charge in [0.1, 0.15) is 18.3 Å². The summed E-state index contributed by atoms with van der Waals surface area (Å²) < 4.78 is 10.5. The van der Waals surface area contributed by atoms with E-state index in [0.29, 0.717) is 0 Å². The lowest BCUT2D eigenvalue weighted by atomic mass is 9.97. The van der Waals surface area contributed by atoms with Crippen LogP contribution in [0.2, 0.25) is 0 Å². The summed E-state index contributed by atoms with van der Waals surface area (Å²) in [6, 6.07) is 0. The quantitative estimate of drug-likeness (QED) is 0.728. The fourth-order valence-electron chi connectivity index (χ4n) is 2.42. The number of ether oxygens (including phenoxy) is 2. The van der Waals surface area contributed by atoms with Gasteiger partial charge in [-0.05, 0) is 12.8 Å². The van der Waals surface area contributed by atoms with Crippen LogP contribution in [0.25, 0.3) is 0 Å². The second-order valence-corrected chi connectivity index (χ2v) is 4.58. The van der Waals surface area contributed by atoms with E-state index in [4.69, 9.17) is 14.6 Å². The van der Waals surface area contributed by atoms with Crippen LogP contribution < -0.4 is 0 Å². The fraction of sp³-hybridized carbons (Fsp3) is 1.00. The molecule has 1 saturated heterocycles. The summed E-state index contributed by atoms with van der Waals surface area (Å²) in [7, 11) is 0. The minimum absolute atomic E-state index is 0.0610. The minimum atomic E-state index is -1.38. The van der Waals surface area contributed by atoms with Crippen molar-refractivity contribution in [2.75, 3.05) is 6.61 Å². The first-order valence-corrected chi connectivity index (χ1v) is 5.98. The molecule has 4 atom stereocenters. The lowest BCUT2D eigenvalue weighted by molar-refractivity contribution is -0.193. The molecule has 2 N–H and O–H groups in total. The molecule has 16 heavy (non-hydrogen) atoms. The Labute approximate surface area is 95.0 Å². The molecule has 0 spiro atoms. The molecule has 0 aromatic rings. The molecular weight excluding hydrogens is 212 g/mol. The van der Waals surface area contributed by atoms with Crippen molar-refractivity contribution in [1.29, 1.82) is 0 Å². The van der Waals surface area contributed by atoms with E-state index >= 15 is 0 Å². The van der Waals surface area contributed by atoms with E-state index in [1.54, 1.807) is 0 Å². The Kier molecular flexibility index (Phi) is 4.16. The maximum atomic E-state index is 11.5. The second-order valence-electron chi connectivity index (χ2n) is 4.58. The van der Waals surface area contributed by atoms with E-state index < -0.39 is 24.6 Å². The molecule has 2 fully saturated rings. The van der Waals surface area contributed by atoms with Crippen molar-refractivity contribution >= 4 is 0 Å². The van der Waals surface area contributed by atoms with E-state index in [9.17, 15) is 10.2 Å². The largest absolute Gasteiger partial charge is 0.394 e. The molecule has 0 amide bonds. The Morgan fingerprint density at radius 2 is 1.94 bits per heavy atom. The van der Waals surface area contributed by atoms with Crippen LogP contribution in [-0.2, 0) is 14.6 Å². The fourth-order valence-corrected chi connectivity index (χ4v) is 2.42. The lowest BCUT2D eigenvalue weighted by Gasteiger charge is -2.27. The van der Waals surface area contributed by atoms with Gasteiger partial charge < -0.3 is 19.7 Å². The lowest BCUT2D eigenvalue weighted by Crippen LogP contribution is -2.39. The van der Waals surface area contributed by atoms with Gasteiger partial charge in [0.15, 0.2) is 0 Å². The third-order valence-corrected chi connectivity index (χ3v) is 3.38. The van der Waals surface area contributed by atoms with Crippen LogP contribution in [0.5, 0.6) is 0 Å². The van der Waals surface area contributed by atoms with Gasteiger partial charge in [-0.25, -0.2) is 0 Å². The minimum Gasteiger partial charge on any atom is -0.394 e. The zero-order valence-electron chi connectivity index (χ0n) is 9.25. The van der Waals surface area contributed by atoms with Crippen LogP contribution in [0.15, 0.2) is 0 Å². The molecule has 2 aliphatic rings. The van der Waals surface area contributed by atoms with Gasteiger partial charge in [0.25, 0.3) is 0 Å². The Balaban J connectivity index is 1.88. The molecule has 1 saturated carbocycles. The molecule has 1 unspecified atom stereocenters. The summed E-state index contributed by atoms with van der Waals surface area (Å²) in [5.74, 6) is 0. The van der Waals surface area contributed by atoms with Crippen molar-refractivity contribution in [3.05, 3.63) is 0 Å². The second kappa shape index (κ2) is 5.42. The highest BCUT2D eigenvalue weighted by Gasteiger charge is 2.45. The highest BCUT2D eigenvalue weighted by atomic mass is 16.7. The zero-order valence-corrected chi connectivity index (χ0v) is 9.25. The first kappa shape index (κ1) is 12.3. The maximum absolute atomic E-state index is 11.5. The molecule has 2 rings (SSSR count). The Morgan fingerprint density at radius 1 is 1.25 bits per heavy atom. The Bertz CT molecular complexity index is 216. The Morgan fingerprint density at radius 3 is 2.50 bits per heavy atom. The molecule has 1 aliphatic heterocycles. The topological polar surface area (TPSA) is 78.8 Å². The van der Waals surface area contributed by atoms with Crippen molar-refractivity contribution in [1.82, 2.24) is 0 Å². The van der Waals surface area contributed by atoms with Crippen LogP contribution in [0, 0.1) is 0 Å². The molecule has 5 heteroatoms. The molecular formula is C11H19O5. The van der Waals surface area contributed by atoms with Crippen LogP contribution in [0.3, 0.4) is 0 Å². The summed E-state index contributed by atoms with van der Waals surface area (Å²) in [5.41, 5.74) is 0. The third kappa shape index (κ3) is 2.55. The van der Waals surface area contributed by atoms with Crippen molar-refractivity contribution in [2.45, 2.75) is 62.8 Å². The molecule has 0 aromatic heterocycles. The van der Waals surface area contributed by atoms with E-state index in [2.05, 4.69) is 0 Å². The van der Waals surface area contributed by atoms with Gasteiger partial charge in [0.05, 0.1) is 12.7 Å². The first-order valence-electron chi connectivity index (χ1n) is 5.98. The number of hydrogen-bond acceptors (Lipinski definition) is 4. The van der Waals surface area contributed by atoms with E-state index in [1.807, 2.05) is 0 Å². The maximum Gasteiger partial charge on any atom is 0.220 e. The van der Waals surface area contributed by atoms with Crippen molar-refractivity contribution < 1.29 is 24.8 Å². The van der Waals surface area contributed by atoms with Gasteiger partial charge in [-0.2, -0.15) is 5.11 Å². The molecule has 1 radical (unpaired) electrons. The highest BCUT2D eigenvalue weighted by Crippen LogP contribution is 2.28. The average molecular weight is 231 g/mol. The average Bonchev–Trinajstić information content (AvgIpc) is 2.58. The monoisotopic (exact) mass is 231 g/mol. The number of aliphatic hydroxyl groups is 2. The molecule has 0 aromatic carbocycles. The van der Waals surface area contributed by atoms with Gasteiger partial charge in [-0.3, -0.25) is 0 Å². The van der Waals surface area contributed by atoms with Gasteiger partial charge in [0, 0.05) is 0 Å². The number of aliphatic hydroxyl groups excluding tert-OH is 2. The SMILES string of the molecule is [O]C1O[C@H](CO)[C@H](O)[C@H]1OC1CCCCC1. The van der Waals surface area contributed by atoms with Crippen LogP contribution in [-0.4, -0.2) is 47.5 Å². The van der Waals surface area contributed by atoms with Gasteiger partial charge in [-0.1, -0.05) is 19.3 Å². The molecule has 93 valence electrons. The van der Waals surface area contributed by atoms with Crippen LogP contribution in [0.1, 0.15) is 32.1 Å². The zero-order chi connectivity index (χ0) is 11.5. The number of rotatable bonds is 3. The van der Waals surface area contributed by atoms with Gasteiger partial charge in [-0.15, -0.1) is 0 Å². The van der Waals surface area contributed by atoms with Gasteiger partial charge in [0.2, 0.25) is 6.29 Å². The van der Waals surface area contributed by atoms with Crippen molar-refractivity contribution in [3.8, 4) is 0 Å². The first-order chi connectivity index (χ1) is 7.72. The summed E-state index contributed by atoms with van der Waals surface area (Å²) in [4.78, 5) is 0. The summed E-state index contributed by atoms with van der Waals surface area (Å²) in [6.07, 6.45) is 1.37. The van der Waals surface area contributed by atoms with E-state index in [-0.39, 0.29) is 12.7 Å². The van der Waals surface area contributed by atoms with E-state index in [0.717, 1.165) is 25.7 Å². The summed E-state index contributed by atoms with van der Waals surface area (Å²) in [5, 5.41) is 30.1. The summed E-state index contributed by atoms with van der Waals surface area (Å²) >= 11 is 0. The van der Waals surface area contributed by atoms with E-state index in [1.165, 1.54) is 6.42 Å². The standard InChI is InChI=1S/C11H19O5/c12-6-8-9(13)10(11(14)16-8)15-7-4-2-1-3-5-7/h7-13H,1-6H2/t8-,9+,10-,11?/m1/s1. The predicted octanol–water partition coefficient (Wildman–Crippen LogP) is 0.213. The normalized spacial score (nSPS) is 41.4. The highest BCUT2D eigenvalue weighted by molar-refractivity contribution is 4.87. The molecule has 1 heterocycles. The Hall–Kier alpha value is -0.200. The van der Waals surface area contributed by atoms with Gasteiger partial charge >= 0.3 is 0 Å². The van der Waals surface area contributed by atoms with Crippen molar-refractivity contribution in [3.63, 3.8) is 0 Å².